The van der Waals surface area contributed by atoms with Crippen LogP contribution in [0, 0.1) is 0 Å². The van der Waals surface area contributed by atoms with Crippen molar-refractivity contribution in [2.75, 3.05) is 6.61 Å². The van der Waals surface area contributed by atoms with E-state index in [0.717, 1.165) is 32.3 Å². The molecular weight excluding hydrogens is 184 g/mol. The van der Waals surface area contributed by atoms with E-state index in [2.05, 4.69) is 0 Å². The van der Waals surface area contributed by atoms with Gasteiger partial charge in [0, 0.05) is 18.8 Å². The van der Waals surface area contributed by atoms with Crippen molar-refractivity contribution in [1.82, 2.24) is 0 Å². The first-order valence-corrected chi connectivity index (χ1v) is 5.89. The summed E-state index contributed by atoms with van der Waals surface area (Å²) in [6.45, 7) is 4.50. The fraction of sp³-hybridized carbons (Fsp3) is 0.900. The molecule has 0 radical (unpaired) electrons. The van der Waals surface area contributed by atoms with Crippen molar-refractivity contribution < 1.29 is 9.53 Å². The van der Waals surface area contributed by atoms with Gasteiger partial charge in [0.1, 0.15) is 0 Å². The average molecular weight is 202 g/mol. The van der Waals surface area contributed by atoms with Gasteiger partial charge < -0.3 is 4.74 Å². The van der Waals surface area contributed by atoms with Crippen molar-refractivity contribution in [2.45, 2.75) is 50.9 Å². The van der Waals surface area contributed by atoms with Crippen LogP contribution in [-0.4, -0.2) is 23.1 Å². The molecule has 0 bridgehead atoms. The molecule has 1 saturated carbocycles. The van der Waals surface area contributed by atoms with E-state index in [4.69, 9.17) is 4.74 Å². The number of carbonyl (C=O) groups is 1. The third kappa shape index (κ3) is 4.14. The average Bonchev–Trinajstić information content (AvgIpc) is 2.08. The lowest BCUT2D eigenvalue weighted by atomic mass is 9.97. The third-order valence-corrected chi connectivity index (χ3v) is 3.49. The molecule has 0 spiro atoms. The summed E-state index contributed by atoms with van der Waals surface area (Å²) in [5.41, 5.74) is 0. The van der Waals surface area contributed by atoms with Crippen LogP contribution >= 0.6 is 11.8 Å². The Kier molecular flexibility index (Phi) is 4.81. The van der Waals surface area contributed by atoms with Gasteiger partial charge in [-0.1, -0.05) is 11.8 Å². The topological polar surface area (TPSA) is 26.3 Å². The predicted octanol–water partition coefficient (Wildman–Crippen LogP) is 2.61. The van der Waals surface area contributed by atoms with Gasteiger partial charge >= 0.3 is 0 Å². The van der Waals surface area contributed by atoms with Gasteiger partial charge in [-0.25, -0.2) is 0 Å². The summed E-state index contributed by atoms with van der Waals surface area (Å²) < 4.78 is 5.54. The molecule has 1 fully saturated rings. The molecule has 0 N–H and O–H groups in total. The molecule has 0 amide bonds. The fourth-order valence-corrected chi connectivity index (χ4v) is 2.76. The molecule has 2 nitrogen and oxygen atoms in total. The second-order valence-electron chi connectivity index (χ2n) is 3.46. The van der Waals surface area contributed by atoms with Crippen molar-refractivity contribution in [3.8, 4) is 0 Å². The Labute approximate surface area is 84.4 Å². The van der Waals surface area contributed by atoms with Gasteiger partial charge in [-0.05, 0) is 32.6 Å². The minimum atomic E-state index is 0.250. The summed E-state index contributed by atoms with van der Waals surface area (Å²) >= 11 is 1.50. The standard InChI is InChI=1S/C10H18O2S/c1-3-12-9-4-6-10(7-5-9)13-8(2)11/h9-10H,3-7H2,1-2H3/t9-,10+. The lowest BCUT2D eigenvalue weighted by Crippen LogP contribution is -2.23. The van der Waals surface area contributed by atoms with Crippen molar-refractivity contribution in [1.29, 1.82) is 0 Å². The Hall–Kier alpha value is -0.0200. The van der Waals surface area contributed by atoms with E-state index in [0.29, 0.717) is 11.4 Å². The first-order chi connectivity index (χ1) is 6.22. The van der Waals surface area contributed by atoms with Crippen molar-refractivity contribution >= 4 is 16.9 Å². The largest absolute Gasteiger partial charge is 0.379 e. The summed E-state index contributed by atoms with van der Waals surface area (Å²) in [6.07, 6.45) is 4.97. The molecule has 0 atom stereocenters. The monoisotopic (exact) mass is 202 g/mol. The maximum atomic E-state index is 10.9. The van der Waals surface area contributed by atoms with Crippen LogP contribution in [-0.2, 0) is 9.53 Å². The number of ether oxygens (including phenoxy) is 1. The molecule has 13 heavy (non-hydrogen) atoms. The highest BCUT2D eigenvalue weighted by Gasteiger charge is 2.22. The van der Waals surface area contributed by atoms with E-state index >= 15 is 0 Å². The molecule has 3 heteroatoms. The normalized spacial score (nSPS) is 28.8. The van der Waals surface area contributed by atoms with Crippen molar-refractivity contribution in [3.63, 3.8) is 0 Å². The molecule has 0 aromatic rings. The summed E-state index contributed by atoms with van der Waals surface area (Å²) in [4.78, 5) is 10.9. The summed E-state index contributed by atoms with van der Waals surface area (Å²) in [6, 6.07) is 0. The lowest BCUT2D eigenvalue weighted by molar-refractivity contribution is -0.109. The molecule has 0 aliphatic heterocycles. The SMILES string of the molecule is CCO[C@H]1CC[C@@H](SC(C)=O)CC1. The lowest BCUT2D eigenvalue weighted by Gasteiger charge is -2.27. The molecule has 0 saturated heterocycles. The van der Waals surface area contributed by atoms with Crippen LogP contribution in [0.15, 0.2) is 0 Å². The number of carbonyl (C=O) groups excluding carboxylic acids is 1. The van der Waals surface area contributed by atoms with Crippen LogP contribution in [0.1, 0.15) is 39.5 Å². The van der Waals surface area contributed by atoms with Gasteiger partial charge in [-0.2, -0.15) is 0 Å². The summed E-state index contributed by atoms with van der Waals surface area (Å²) in [5, 5.41) is 0.800. The zero-order valence-corrected chi connectivity index (χ0v) is 9.23. The Morgan fingerprint density at radius 1 is 1.38 bits per heavy atom. The van der Waals surface area contributed by atoms with Crippen molar-refractivity contribution in [2.24, 2.45) is 0 Å². The minimum Gasteiger partial charge on any atom is -0.379 e. The highest BCUT2D eigenvalue weighted by Crippen LogP contribution is 2.30. The summed E-state index contributed by atoms with van der Waals surface area (Å²) in [7, 11) is 0. The van der Waals surface area contributed by atoms with Gasteiger partial charge in [0.2, 0.25) is 0 Å². The van der Waals surface area contributed by atoms with E-state index < -0.39 is 0 Å². The zero-order valence-electron chi connectivity index (χ0n) is 8.41. The Morgan fingerprint density at radius 2 is 2.00 bits per heavy atom. The predicted molar refractivity (Wildman–Crippen MR) is 55.9 cm³/mol. The Balaban J connectivity index is 2.18. The van der Waals surface area contributed by atoms with Crippen LogP contribution in [0.2, 0.25) is 0 Å². The maximum Gasteiger partial charge on any atom is 0.186 e. The van der Waals surface area contributed by atoms with E-state index in [1.807, 2.05) is 6.92 Å². The van der Waals surface area contributed by atoms with Gasteiger partial charge in [0.15, 0.2) is 5.12 Å². The van der Waals surface area contributed by atoms with Crippen LogP contribution in [0.3, 0.4) is 0 Å². The van der Waals surface area contributed by atoms with Gasteiger partial charge in [0.05, 0.1) is 6.10 Å². The first-order valence-electron chi connectivity index (χ1n) is 5.01. The van der Waals surface area contributed by atoms with E-state index in [-0.39, 0.29) is 5.12 Å². The van der Waals surface area contributed by atoms with Crippen LogP contribution in [0.25, 0.3) is 0 Å². The van der Waals surface area contributed by atoms with Crippen LogP contribution in [0.4, 0.5) is 0 Å². The molecule has 0 heterocycles. The minimum absolute atomic E-state index is 0.250. The third-order valence-electron chi connectivity index (χ3n) is 2.36. The second kappa shape index (κ2) is 5.66. The Bertz CT molecular complexity index is 162. The van der Waals surface area contributed by atoms with E-state index in [1.54, 1.807) is 6.92 Å². The quantitative estimate of drug-likeness (QED) is 0.703. The van der Waals surface area contributed by atoms with Gasteiger partial charge in [-0.3, -0.25) is 4.79 Å². The molecule has 0 aromatic heterocycles. The molecule has 0 unspecified atom stereocenters. The Morgan fingerprint density at radius 3 is 2.46 bits per heavy atom. The first kappa shape index (κ1) is 11.1. The van der Waals surface area contributed by atoms with Crippen LogP contribution in [0.5, 0.6) is 0 Å². The maximum absolute atomic E-state index is 10.9. The smallest absolute Gasteiger partial charge is 0.186 e. The van der Waals surface area contributed by atoms with Gasteiger partial charge in [0.25, 0.3) is 0 Å². The number of hydrogen-bond acceptors (Lipinski definition) is 3. The number of thioether (sulfide) groups is 1. The molecule has 1 rings (SSSR count). The molecular formula is C10H18O2S. The second-order valence-corrected chi connectivity index (χ2v) is 4.94. The highest BCUT2D eigenvalue weighted by molar-refractivity contribution is 8.14. The molecule has 1 aliphatic rings. The fourth-order valence-electron chi connectivity index (χ4n) is 1.79. The van der Waals surface area contributed by atoms with Crippen LogP contribution < -0.4 is 0 Å². The molecule has 76 valence electrons. The number of hydrogen-bond donors (Lipinski definition) is 0. The molecule has 1 aliphatic carbocycles. The highest BCUT2D eigenvalue weighted by atomic mass is 32.2. The molecule has 0 aromatic carbocycles. The zero-order chi connectivity index (χ0) is 9.68. The van der Waals surface area contributed by atoms with Crippen molar-refractivity contribution in [3.05, 3.63) is 0 Å². The summed E-state index contributed by atoms with van der Waals surface area (Å²) in [5.74, 6) is 0. The van der Waals surface area contributed by atoms with E-state index in [1.165, 1.54) is 11.8 Å². The van der Waals surface area contributed by atoms with E-state index in [9.17, 15) is 4.79 Å². The van der Waals surface area contributed by atoms with Gasteiger partial charge in [-0.15, -0.1) is 0 Å². The number of rotatable bonds is 3.